The fraction of sp³-hybridized carbons (Fsp3) is 0.250. The molecule has 0 bridgehead atoms. The Morgan fingerprint density at radius 3 is 2.24 bits per heavy atom. The first kappa shape index (κ1) is 15.2. The molecular formula is C16H16F3NO. The normalized spacial score (nSPS) is 11.7. The largest absolute Gasteiger partial charge is 0.489 e. The Balaban J connectivity index is 2.37. The van der Waals surface area contributed by atoms with Gasteiger partial charge in [0.2, 0.25) is 0 Å². The molecule has 2 N–H and O–H groups in total. The summed E-state index contributed by atoms with van der Waals surface area (Å²) >= 11 is 0. The zero-order valence-corrected chi connectivity index (χ0v) is 11.7. The molecule has 0 aliphatic carbocycles. The Kier molecular flexibility index (Phi) is 4.11. The molecule has 0 spiro atoms. The van der Waals surface area contributed by atoms with Crippen molar-refractivity contribution in [1.82, 2.24) is 0 Å². The average Bonchev–Trinajstić information content (AvgIpc) is 2.40. The van der Waals surface area contributed by atoms with E-state index in [1.165, 1.54) is 6.07 Å². The summed E-state index contributed by atoms with van der Waals surface area (Å²) in [5.74, 6) is 0.528. The molecule has 112 valence electrons. The van der Waals surface area contributed by atoms with Crippen LogP contribution in [0.4, 0.5) is 18.9 Å². The molecule has 0 aliphatic heterocycles. The highest BCUT2D eigenvalue weighted by molar-refractivity contribution is 5.71. The lowest BCUT2D eigenvalue weighted by molar-refractivity contribution is -0.137. The summed E-state index contributed by atoms with van der Waals surface area (Å²) in [6, 6.07) is 10.1. The first-order valence-corrected chi connectivity index (χ1v) is 6.51. The number of halogens is 3. The Morgan fingerprint density at radius 2 is 1.67 bits per heavy atom. The summed E-state index contributed by atoms with van der Waals surface area (Å²) in [4.78, 5) is 0. The van der Waals surface area contributed by atoms with Gasteiger partial charge in [0.1, 0.15) is 5.75 Å². The predicted octanol–water partition coefficient (Wildman–Crippen LogP) is 4.74. The predicted molar refractivity (Wildman–Crippen MR) is 77.1 cm³/mol. The molecule has 0 unspecified atom stereocenters. The fourth-order valence-corrected chi connectivity index (χ4v) is 1.96. The fourth-order valence-electron chi connectivity index (χ4n) is 1.96. The van der Waals surface area contributed by atoms with Crippen molar-refractivity contribution in [3.63, 3.8) is 0 Å². The topological polar surface area (TPSA) is 35.2 Å². The van der Waals surface area contributed by atoms with Crippen LogP contribution in [0, 0.1) is 0 Å². The number of hydrogen-bond donors (Lipinski definition) is 1. The van der Waals surface area contributed by atoms with Crippen LogP contribution in [0.5, 0.6) is 5.75 Å². The number of ether oxygens (including phenoxy) is 1. The van der Waals surface area contributed by atoms with Crippen molar-refractivity contribution < 1.29 is 17.9 Å². The van der Waals surface area contributed by atoms with E-state index in [1.54, 1.807) is 24.3 Å². The van der Waals surface area contributed by atoms with E-state index in [9.17, 15) is 13.2 Å². The highest BCUT2D eigenvalue weighted by atomic mass is 19.4. The number of rotatable bonds is 3. The van der Waals surface area contributed by atoms with Gasteiger partial charge in [-0.25, -0.2) is 0 Å². The van der Waals surface area contributed by atoms with Crippen LogP contribution in [0.25, 0.3) is 11.1 Å². The van der Waals surface area contributed by atoms with E-state index in [1.807, 2.05) is 13.8 Å². The van der Waals surface area contributed by atoms with Crippen molar-refractivity contribution in [3.05, 3.63) is 48.0 Å². The van der Waals surface area contributed by atoms with E-state index < -0.39 is 11.7 Å². The van der Waals surface area contributed by atoms with Gasteiger partial charge in [0, 0.05) is 0 Å². The van der Waals surface area contributed by atoms with Gasteiger partial charge in [0.05, 0.1) is 17.4 Å². The lowest BCUT2D eigenvalue weighted by Crippen LogP contribution is -2.07. The minimum absolute atomic E-state index is 0.0216. The number of nitrogens with two attached hydrogens (primary N) is 1. The highest BCUT2D eigenvalue weighted by Gasteiger charge is 2.30. The standard InChI is InChI=1S/C16H16F3NO/c1-10(2)21-15-7-6-12(9-14(15)20)11-4-3-5-13(8-11)16(17,18)19/h3-10H,20H2,1-2H3. The quantitative estimate of drug-likeness (QED) is 0.830. The second-order valence-electron chi connectivity index (χ2n) is 5.00. The van der Waals surface area contributed by atoms with Crippen LogP contribution in [0.3, 0.4) is 0 Å². The third-order valence-electron chi connectivity index (χ3n) is 2.90. The molecule has 0 saturated carbocycles. The smallest absolute Gasteiger partial charge is 0.416 e. The molecule has 5 heteroatoms. The molecule has 2 nitrogen and oxygen atoms in total. The van der Waals surface area contributed by atoms with Crippen LogP contribution in [-0.2, 0) is 6.18 Å². The number of hydrogen-bond acceptors (Lipinski definition) is 2. The van der Waals surface area contributed by atoms with Crippen LogP contribution >= 0.6 is 0 Å². The van der Waals surface area contributed by atoms with Crippen molar-refractivity contribution in [2.75, 3.05) is 5.73 Å². The molecule has 0 heterocycles. The molecule has 0 aliphatic rings. The van der Waals surface area contributed by atoms with Crippen LogP contribution in [0.15, 0.2) is 42.5 Å². The molecule has 0 amide bonds. The molecular weight excluding hydrogens is 279 g/mol. The molecule has 0 radical (unpaired) electrons. The Bertz CT molecular complexity index is 636. The van der Waals surface area contributed by atoms with Crippen LogP contribution in [0.1, 0.15) is 19.4 Å². The van der Waals surface area contributed by atoms with Crippen molar-refractivity contribution in [2.24, 2.45) is 0 Å². The maximum Gasteiger partial charge on any atom is 0.416 e. The van der Waals surface area contributed by atoms with Gasteiger partial charge in [0.25, 0.3) is 0 Å². The zero-order chi connectivity index (χ0) is 15.6. The van der Waals surface area contributed by atoms with Gasteiger partial charge in [-0.1, -0.05) is 18.2 Å². The van der Waals surface area contributed by atoms with Crippen molar-refractivity contribution in [3.8, 4) is 16.9 Å². The Morgan fingerprint density at radius 1 is 1.00 bits per heavy atom. The molecule has 21 heavy (non-hydrogen) atoms. The number of nitrogen functional groups attached to an aromatic ring is 1. The Labute approximate surface area is 121 Å². The first-order chi connectivity index (χ1) is 9.77. The van der Waals surface area contributed by atoms with Crippen LogP contribution in [-0.4, -0.2) is 6.10 Å². The molecule has 0 fully saturated rings. The van der Waals surface area contributed by atoms with E-state index in [0.717, 1.165) is 12.1 Å². The highest BCUT2D eigenvalue weighted by Crippen LogP contribution is 2.34. The second-order valence-corrected chi connectivity index (χ2v) is 5.00. The number of anilines is 1. The summed E-state index contributed by atoms with van der Waals surface area (Å²) in [6.07, 6.45) is -4.38. The van der Waals surface area contributed by atoms with Gasteiger partial charge in [0.15, 0.2) is 0 Å². The van der Waals surface area contributed by atoms with E-state index >= 15 is 0 Å². The van der Waals surface area contributed by atoms with Crippen molar-refractivity contribution in [1.29, 1.82) is 0 Å². The minimum Gasteiger partial charge on any atom is -0.489 e. The van der Waals surface area contributed by atoms with Gasteiger partial charge >= 0.3 is 6.18 Å². The summed E-state index contributed by atoms with van der Waals surface area (Å²) in [6.45, 7) is 3.75. The molecule has 0 aromatic heterocycles. The number of benzene rings is 2. The van der Waals surface area contributed by atoms with Gasteiger partial charge in [-0.15, -0.1) is 0 Å². The minimum atomic E-state index is -4.36. The van der Waals surface area contributed by atoms with E-state index in [2.05, 4.69) is 0 Å². The van der Waals surface area contributed by atoms with Gasteiger partial charge in [-0.3, -0.25) is 0 Å². The first-order valence-electron chi connectivity index (χ1n) is 6.51. The average molecular weight is 295 g/mol. The Hall–Kier alpha value is -2.17. The molecule has 0 saturated heterocycles. The molecule has 2 aromatic rings. The van der Waals surface area contributed by atoms with E-state index in [4.69, 9.17) is 10.5 Å². The third kappa shape index (κ3) is 3.68. The maximum atomic E-state index is 12.7. The summed E-state index contributed by atoms with van der Waals surface area (Å²) in [5.41, 5.74) is 6.69. The van der Waals surface area contributed by atoms with Crippen LogP contribution in [0.2, 0.25) is 0 Å². The van der Waals surface area contributed by atoms with Gasteiger partial charge in [-0.05, 0) is 49.2 Å². The molecule has 2 aromatic carbocycles. The van der Waals surface area contributed by atoms with Gasteiger partial charge in [-0.2, -0.15) is 13.2 Å². The summed E-state index contributed by atoms with van der Waals surface area (Å²) < 4.78 is 43.7. The lowest BCUT2D eigenvalue weighted by atomic mass is 10.0. The van der Waals surface area contributed by atoms with E-state index in [0.29, 0.717) is 22.6 Å². The monoisotopic (exact) mass is 295 g/mol. The third-order valence-corrected chi connectivity index (χ3v) is 2.90. The lowest BCUT2D eigenvalue weighted by Gasteiger charge is -2.14. The van der Waals surface area contributed by atoms with Gasteiger partial charge < -0.3 is 10.5 Å². The molecule has 2 rings (SSSR count). The summed E-state index contributed by atoms with van der Waals surface area (Å²) in [7, 11) is 0. The van der Waals surface area contributed by atoms with Crippen molar-refractivity contribution >= 4 is 5.69 Å². The zero-order valence-electron chi connectivity index (χ0n) is 11.7. The maximum absolute atomic E-state index is 12.7. The summed E-state index contributed by atoms with van der Waals surface area (Å²) in [5, 5.41) is 0. The molecule has 0 atom stereocenters. The van der Waals surface area contributed by atoms with E-state index in [-0.39, 0.29) is 6.10 Å². The van der Waals surface area contributed by atoms with Crippen molar-refractivity contribution in [2.45, 2.75) is 26.1 Å². The second kappa shape index (κ2) is 5.68. The number of alkyl halides is 3. The van der Waals surface area contributed by atoms with Crippen LogP contribution < -0.4 is 10.5 Å². The SMILES string of the molecule is CC(C)Oc1ccc(-c2cccc(C(F)(F)F)c2)cc1N.